The van der Waals surface area contributed by atoms with E-state index in [1.807, 2.05) is 0 Å². The minimum Gasteiger partial charge on any atom is -0.507 e. The third kappa shape index (κ3) is 3.91. The third-order valence-corrected chi connectivity index (χ3v) is 6.08. The first-order chi connectivity index (χ1) is 13.3. The van der Waals surface area contributed by atoms with E-state index in [1.165, 1.54) is 24.3 Å². The number of carbonyl (C=O) groups is 1. The Morgan fingerprint density at radius 3 is 2.03 bits per heavy atom. The van der Waals surface area contributed by atoms with Crippen LogP contribution < -0.4 is 5.73 Å². The van der Waals surface area contributed by atoms with Crippen molar-refractivity contribution < 1.29 is 35.8 Å². The highest BCUT2D eigenvalue weighted by molar-refractivity contribution is 7.86. The van der Waals surface area contributed by atoms with E-state index >= 15 is 0 Å². The molecule has 0 heterocycles. The molecule has 0 unspecified atom stereocenters. The lowest BCUT2D eigenvalue weighted by Gasteiger charge is -2.15. The molecule has 0 atom stereocenters. The van der Waals surface area contributed by atoms with Crippen LogP contribution in [0.4, 0.5) is 5.69 Å². The second kappa shape index (κ2) is 6.97. The summed E-state index contributed by atoms with van der Waals surface area (Å²) in [6.07, 6.45) is 0. The highest BCUT2D eigenvalue weighted by Crippen LogP contribution is 2.39. The molecule has 9 nitrogen and oxygen atoms in total. The zero-order valence-electron chi connectivity index (χ0n) is 14.2. The molecule has 0 amide bonds. The van der Waals surface area contributed by atoms with Gasteiger partial charge >= 0.3 is 0 Å². The molecule has 5 N–H and O–H groups in total. The monoisotopic (exact) mass is 457 g/mol. The van der Waals surface area contributed by atoms with Gasteiger partial charge in [-0.05, 0) is 41.8 Å². The van der Waals surface area contributed by atoms with Crippen molar-refractivity contribution in [3.05, 3.63) is 58.6 Å². The van der Waals surface area contributed by atoms with Crippen molar-refractivity contribution in [3.63, 3.8) is 0 Å². The lowest BCUT2D eigenvalue weighted by Crippen LogP contribution is -2.12. The molecule has 0 aliphatic rings. The molecular formula is C17H12ClNO8S2. The maximum atomic E-state index is 13.0. The highest BCUT2D eigenvalue weighted by Gasteiger charge is 2.27. The van der Waals surface area contributed by atoms with Gasteiger partial charge in [-0.3, -0.25) is 13.9 Å². The molecular weight excluding hydrogens is 446 g/mol. The number of fused-ring (bicyclic) bond motifs is 1. The second-order valence-electron chi connectivity index (χ2n) is 5.99. The average Bonchev–Trinajstić information content (AvgIpc) is 2.60. The molecule has 0 aliphatic carbocycles. The van der Waals surface area contributed by atoms with E-state index in [-0.39, 0.29) is 16.3 Å². The number of nitrogen functional groups attached to an aromatic ring is 1. The molecule has 0 spiro atoms. The van der Waals surface area contributed by atoms with Gasteiger partial charge in [-0.1, -0.05) is 11.6 Å². The molecule has 0 aromatic heterocycles. The predicted molar refractivity (Wildman–Crippen MR) is 105 cm³/mol. The van der Waals surface area contributed by atoms with E-state index in [1.54, 1.807) is 0 Å². The van der Waals surface area contributed by atoms with Gasteiger partial charge in [0.25, 0.3) is 20.2 Å². The van der Waals surface area contributed by atoms with Crippen LogP contribution in [0.5, 0.6) is 5.75 Å². The number of rotatable bonds is 4. The SMILES string of the molecule is Nc1c(S(=O)(=O)O)cc2cc(S(=O)(=O)O)cc(O)c2c1C(=O)c1ccc(Cl)cc1. The predicted octanol–water partition coefficient (Wildman–Crippen LogP) is 2.51. The Morgan fingerprint density at radius 2 is 1.52 bits per heavy atom. The fourth-order valence-electron chi connectivity index (χ4n) is 2.83. The van der Waals surface area contributed by atoms with Crippen LogP contribution in [0.15, 0.2) is 52.3 Å². The molecule has 152 valence electrons. The highest BCUT2D eigenvalue weighted by atomic mass is 35.5. The van der Waals surface area contributed by atoms with Crippen LogP contribution in [-0.4, -0.2) is 36.8 Å². The summed E-state index contributed by atoms with van der Waals surface area (Å²) >= 11 is 5.79. The zero-order chi connectivity index (χ0) is 21.7. The fraction of sp³-hybridized carbons (Fsp3) is 0. The van der Waals surface area contributed by atoms with Crippen molar-refractivity contribution in [2.24, 2.45) is 0 Å². The van der Waals surface area contributed by atoms with Crippen LogP contribution in [-0.2, 0) is 20.2 Å². The average molecular weight is 458 g/mol. The summed E-state index contributed by atoms with van der Waals surface area (Å²) in [5, 5.41) is 10.1. The molecule has 3 rings (SSSR count). The maximum absolute atomic E-state index is 13.0. The minimum atomic E-state index is -4.92. The van der Waals surface area contributed by atoms with Crippen LogP contribution in [0, 0.1) is 0 Å². The first-order valence-corrected chi connectivity index (χ1v) is 10.9. The maximum Gasteiger partial charge on any atom is 0.296 e. The Hall–Kier alpha value is -2.70. The summed E-state index contributed by atoms with van der Waals surface area (Å²) in [5.41, 5.74) is 4.75. The fourth-order valence-corrected chi connectivity index (χ4v) is 4.15. The first kappa shape index (κ1) is 21.0. The number of phenols is 1. The van der Waals surface area contributed by atoms with Gasteiger partial charge < -0.3 is 10.8 Å². The van der Waals surface area contributed by atoms with Gasteiger partial charge in [0, 0.05) is 22.0 Å². The lowest BCUT2D eigenvalue weighted by atomic mass is 9.95. The summed E-state index contributed by atoms with van der Waals surface area (Å²) in [7, 11) is -9.69. The number of hydrogen-bond donors (Lipinski definition) is 4. The Bertz CT molecular complexity index is 1380. The molecule has 12 heteroatoms. The smallest absolute Gasteiger partial charge is 0.296 e. The van der Waals surface area contributed by atoms with Crippen molar-refractivity contribution in [1.82, 2.24) is 0 Å². The Morgan fingerprint density at radius 1 is 0.931 bits per heavy atom. The molecule has 0 bridgehead atoms. The number of aromatic hydroxyl groups is 1. The Balaban J connectivity index is 2.48. The molecule has 29 heavy (non-hydrogen) atoms. The van der Waals surface area contributed by atoms with Crippen LogP contribution in [0.2, 0.25) is 5.02 Å². The van der Waals surface area contributed by atoms with E-state index in [9.17, 15) is 35.8 Å². The van der Waals surface area contributed by atoms with Crippen molar-refractivity contribution in [2.45, 2.75) is 9.79 Å². The number of carbonyl (C=O) groups excluding carboxylic acids is 1. The lowest BCUT2D eigenvalue weighted by molar-refractivity contribution is 0.104. The number of nitrogens with two attached hydrogens (primary N) is 1. The first-order valence-electron chi connectivity index (χ1n) is 7.65. The molecule has 0 saturated heterocycles. The Labute approximate surface area is 169 Å². The van der Waals surface area contributed by atoms with Gasteiger partial charge in [-0.15, -0.1) is 0 Å². The molecule has 0 fully saturated rings. The van der Waals surface area contributed by atoms with Crippen LogP contribution in [0.25, 0.3) is 10.8 Å². The van der Waals surface area contributed by atoms with Gasteiger partial charge in [0.05, 0.1) is 16.1 Å². The van der Waals surface area contributed by atoms with Crippen molar-refractivity contribution >= 4 is 54.1 Å². The summed E-state index contributed by atoms with van der Waals surface area (Å²) in [4.78, 5) is 11.4. The zero-order valence-corrected chi connectivity index (χ0v) is 16.6. The van der Waals surface area contributed by atoms with E-state index in [0.29, 0.717) is 11.1 Å². The molecule has 3 aromatic carbocycles. The van der Waals surface area contributed by atoms with E-state index in [2.05, 4.69) is 0 Å². The summed E-state index contributed by atoms with van der Waals surface area (Å²) in [5.74, 6) is -1.56. The molecule has 3 aromatic rings. The number of benzene rings is 3. The number of phenolic OH excluding ortho intramolecular Hbond substituents is 1. The van der Waals surface area contributed by atoms with Gasteiger partial charge in [0.2, 0.25) is 0 Å². The van der Waals surface area contributed by atoms with Crippen LogP contribution in [0.3, 0.4) is 0 Å². The van der Waals surface area contributed by atoms with E-state index in [4.69, 9.17) is 17.3 Å². The third-order valence-electron chi connectivity index (χ3n) is 4.10. The van der Waals surface area contributed by atoms with Crippen molar-refractivity contribution in [2.75, 3.05) is 5.73 Å². The van der Waals surface area contributed by atoms with E-state index < -0.39 is 52.8 Å². The van der Waals surface area contributed by atoms with E-state index in [0.717, 1.165) is 12.1 Å². The van der Waals surface area contributed by atoms with Gasteiger partial charge in [-0.25, -0.2) is 0 Å². The molecule has 0 radical (unpaired) electrons. The largest absolute Gasteiger partial charge is 0.507 e. The summed E-state index contributed by atoms with van der Waals surface area (Å²) in [6.45, 7) is 0. The summed E-state index contributed by atoms with van der Waals surface area (Å²) < 4.78 is 65.0. The van der Waals surface area contributed by atoms with Crippen molar-refractivity contribution in [3.8, 4) is 5.75 Å². The summed E-state index contributed by atoms with van der Waals surface area (Å²) in [6, 6.07) is 7.76. The second-order valence-corrected chi connectivity index (χ2v) is 9.24. The normalized spacial score (nSPS) is 12.2. The standard InChI is InChI=1S/C17H12ClNO8S2/c18-10-3-1-8(2-4-10)17(21)15-14-9(6-13(16(15)19)29(25,26)27)5-11(7-12(14)20)28(22,23)24/h1-7,20H,19H2,(H,22,23,24)(H,25,26,27). The minimum absolute atomic E-state index is 0.0353. The Kier molecular flexibility index (Phi) is 5.05. The van der Waals surface area contributed by atoms with Gasteiger partial charge in [-0.2, -0.15) is 16.8 Å². The van der Waals surface area contributed by atoms with Gasteiger partial charge in [0.1, 0.15) is 10.6 Å². The quantitative estimate of drug-likeness (QED) is 0.261. The number of anilines is 1. The molecule has 0 saturated carbocycles. The van der Waals surface area contributed by atoms with Gasteiger partial charge in [0.15, 0.2) is 5.78 Å². The number of halogens is 1. The number of ketones is 1. The topological polar surface area (TPSA) is 172 Å². The number of hydrogen-bond acceptors (Lipinski definition) is 7. The van der Waals surface area contributed by atoms with Crippen LogP contribution in [0.1, 0.15) is 15.9 Å². The molecule has 0 aliphatic heterocycles. The van der Waals surface area contributed by atoms with Crippen molar-refractivity contribution in [1.29, 1.82) is 0 Å². The van der Waals surface area contributed by atoms with Crippen LogP contribution >= 0.6 is 11.6 Å².